The minimum Gasteiger partial charge on any atom is -0.347 e. The Hall–Kier alpha value is -2.15. The third-order valence-corrected chi connectivity index (χ3v) is 5.05. The van der Waals surface area contributed by atoms with Gasteiger partial charge in [-0.15, -0.1) is 0 Å². The molecule has 118 valence electrons. The first-order valence-corrected chi connectivity index (χ1v) is 8.86. The number of hydrogen-bond acceptors (Lipinski definition) is 4. The van der Waals surface area contributed by atoms with Crippen LogP contribution in [0.25, 0.3) is 5.69 Å². The molecule has 0 saturated heterocycles. The number of rotatable bonds is 6. The van der Waals surface area contributed by atoms with Crippen LogP contribution < -0.4 is 5.32 Å². The molecule has 0 fully saturated rings. The van der Waals surface area contributed by atoms with Crippen molar-refractivity contribution in [2.24, 2.45) is 0 Å². The lowest BCUT2D eigenvalue weighted by atomic mass is 10.3. The van der Waals surface area contributed by atoms with Gasteiger partial charge in [0.1, 0.15) is 0 Å². The number of benzene rings is 1. The number of carbonyl (C=O) groups is 1. The van der Waals surface area contributed by atoms with Gasteiger partial charge in [0, 0.05) is 18.0 Å². The summed E-state index contributed by atoms with van der Waals surface area (Å²) in [7, 11) is -3.12. The van der Waals surface area contributed by atoms with E-state index in [1.807, 2.05) is 30.3 Å². The number of nitrogens with one attached hydrogen (secondary N) is 1. The van der Waals surface area contributed by atoms with Crippen molar-refractivity contribution in [3.05, 3.63) is 48.3 Å². The standard InChI is InChI=1S/C15H19N3O3S/c1-3-22(20,21)11-12(2)16-15(19)14-9-10-18(17-14)13-7-5-4-6-8-13/h4-10,12H,3,11H2,1-2H3,(H,16,19)/t12-/m0/s1. The van der Waals surface area contributed by atoms with Gasteiger partial charge in [0.25, 0.3) is 5.91 Å². The SMILES string of the molecule is CCS(=O)(=O)C[C@H](C)NC(=O)c1ccn(-c2ccccc2)n1. The van der Waals surface area contributed by atoms with Crippen LogP contribution in [0.5, 0.6) is 0 Å². The summed E-state index contributed by atoms with van der Waals surface area (Å²) in [6, 6.07) is 10.6. The molecule has 0 aliphatic rings. The first-order valence-electron chi connectivity index (χ1n) is 7.03. The van der Waals surface area contributed by atoms with E-state index in [0.29, 0.717) is 0 Å². The first-order chi connectivity index (χ1) is 10.4. The summed E-state index contributed by atoms with van der Waals surface area (Å²) in [5.74, 6) is -0.390. The highest BCUT2D eigenvalue weighted by Gasteiger charge is 2.18. The van der Waals surface area contributed by atoms with Crippen LogP contribution in [0.2, 0.25) is 0 Å². The second-order valence-electron chi connectivity index (χ2n) is 5.05. The largest absolute Gasteiger partial charge is 0.347 e. The average molecular weight is 321 g/mol. The van der Waals surface area contributed by atoms with Crippen molar-refractivity contribution < 1.29 is 13.2 Å². The molecule has 0 unspecified atom stereocenters. The fourth-order valence-corrected chi connectivity index (χ4v) is 3.09. The number of nitrogens with zero attached hydrogens (tertiary/aromatic N) is 2. The molecule has 1 aromatic carbocycles. The fraction of sp³-hybridized carbons (Fsp3) is 0.333. The molecule has 1 atom stereocenters. The van der Waals surface area contributed by atoms with E-state index in [0.717, 1.165) is 5.69 Å². The average Bonchev–Trinajstić information content (AvgIpc) is 2.97. The van der Waals surface area contributed by atoms with Gasteiger partial charge in [-0.2, -0.15) is 5.10 Å². The number of sulfone groups is 1. The number of hydrogen-bond donors (Lipinski definition) is 1. The lowest BCUT2D eigenvalue weighted by Gasteiger charge is -2.12. The van der Waals surface area contributed by atoms with Crippen molar-refractivity contribution in [1.82, 2.24) is 15.1 Å². The molecule has 6 nitrogen and oxygen atoms in total. The van der Waals surface area contributed by atoms with Crippen LogP contribution in [-0.2, 0) is 9.84 Å². The van der Waals surface area contributed by atoms with Crippen molar-refractivity contribution >= 4 is 15.7 Å². The predicted molar refractivity (Wildman–Crippen MR) is 84.8 cm³/mol. The van der Waals surface area contributed by atoms with Crippen LogP contribution in [0.1, 0.15) is 24.3 Å². The van der Waals surface area contributed by atoms with Crippen molar-refractivity contribution in [2.45, 2.75) is 19.9 Å². The Morgan fingerprint density at radius 1 is 1.27 bits per heavy atom. The molecular formula is C15H19N3O3S. The normalized spacial score (nSPS) is 12.8. The molecule has 0 bridgehead atoms. The van der Waals surface area contributed by atoms with E-state index < -0.39 is 15.9 Å². The van der Waals surface area contributed by atoms with Crippen LogP contribution in [0, 0.1) is 0 Å². The zero-order chi connectivity index (χ0) is 16.2. The van der Waals surface area contributed by atoms with Gasteiger partial charge in [-0.3, -0.25) is 4.79 Å². The third kappa shape index (κ3) is 4.17. The summed E-state index contributed by atoms with van der Waals surface area (Å²) in [6.45, 7) is 3.25. The number of amides is 1. The Morgan fingerprint density at radius 2 is 1.95 bits per heavy atom. The molecule has 0 aliphatic heterocycles. The van der Waals surface area contributed by atoms with Crippen molar-refractivity contribution in [1.29, 1.82) is 0 Å². The quantitative estimate of drug-likeness (QED) is 0.872. The van der Waals surface area contributed by atoms with Gasteiger partial charge >= 0.3 is 0 Å². The van der Waals surface area contributed by atoms with Gasteiger partial charge in [-0.05, 0) is 25.1 Å². The summed E-state index contributed by atoms with van der Waals surface area (Å²) in [6.07, 6.45) is 1.69. The summed E-state index contributed by atoms with van der Waals surface area (Å²) in [5, 5.41) is 6.86. The molecule has 1 N–H and O–H groups in total. The smallest absolute Gasteiger partial charge is 0.272 e. The molecule has 1 heterocycles. The minimum absolute atomic E-state index is 0.0653. The predicted octanol–water partition coefficient (Wildman–Crippen LogP) is 1.43. The third-order valence-electron chi connectivity index (χ3n) is 3.16. The van der Waals surface area contributed by atoms with Crippen molar-refractivity contribution in [3.63, 3.8) is 0 Å². The van der Waals surface area contributed by atoms with E-state index in [-0.39, 0.29) is 23.1 Å². The van der Waals surface area contributed by atoms with Gasteiger partial charge in [0.15, 0.2) is 15.5 Å². The van der Waals surface area contributed by atoms with Gasteiger partial charge in [0.2, 0.25) is 0 Å². The maximum Gasteiger partial charge on any atom is 0.272 e. The second-order valence-corrected chi connectivity index (χ2v) is 7.45. The molecule has 0 spiro atoms. The maximum atomic E-state index is 12.1. The highest BCUT2D eigenvalue weighted by Crippen LogP contribution is 2.07. The Labute approximate surface area is 130 Å². The molecule has 2 aromatic rings. The van der Waals surface area contributed by atoms with Crippen LogP contribution in [0.4, 0.5) is 0 Å². The van der Waals surface area contributed by atoms with E-state index in [2.05, 4.69) is 10.4 Å². The van der Waals surface area contributed by atoms with Crippen LogP contribution >= 0.6 is 0 Å². The van der Waals surface area contributed by atoms with Crippen LogP contribution in [0.15, 0.2) is 42.6 Å². The zero-order valence-electron chi connectivity index (χ0n) is 12.6. The molecule has 1 aromatic heterocycles. The zero-order valence-corrected chi connectivity index (χ0v) is 13.4. The molecule has 0 saturated carbocycles. The summed E-state index contributed by atoms with van der Waals surface area (Å²) in [5.41, 5.74) is 1.10. The Morgan fingerprint density at radius 3 is 2.59 bits per heavy atom. The minimum atomic E-state index is -3.12. The monoisotopic (exact) mass is 321 g/mol. The Kier molecular flexibility index (Phi) is 4.97. The molecular weight excluding hydrogens is 302 g/mol. The van der Waals surface area contributed by atoms with Crippen LogP contribution in [0.3, 0.4) is 0 Å². The molecule has 22 heavy (non-hydrogen) atoms. The highest BCUT2D eigenvalue weighted by atomic mass is 32.2. The van der Waals surface area contributed by atoms with E-state index in [1.54, 1.807) is 30.8 Å². The highest BCUT2D eigenvalue weighted by molar-refractivity contribution is 7.91. The molecule has 0 radical (unpaired) electrons. The van der Waals surface area contributed by atoms with E-state index in [1.165, 1.54) is 0 Å². The first kappa shape index (κ1) is 16.2. The molecule has 0 aliphatic carbocycles. The Balaban J connectivity index is 2.04. The van der Waals surface area contributed by atoms with Crippen LogP contribution in [-0.4, -0.2) is 41.7 Å². The summed E-state index contributed by atoms with van der Waals surface area (Å²) < 4.78 is 24.7. The summed E-state index contributed by atoms with van der Waals surface area (Å²) in [4.78, 5) is 12.1. The summed E-state index contributed by atoms with van der Waals surface area (Å²) >= 11 is 0. The fourth-order valence-electron chi connectivity index (χ4n) is 2.01. The topological polar surface area (TPSA) is 81.1 Å². The Bertz CT molecular complexity index is 738. The lowest BCUT2D eigenvalue weighted by Crippen LogP contribution is -2.38. The lowest BCUT2D eigenvalue weighted by molar-refractivity contribution is 0.0938. The number of aromatic nitrogens is 2. The number of carbonyl (C=O) groups excluding carboxylic acids is 1. The van der Waals surface area contributed by atoms with E-state index in [9.17, 15) is 13.2 Å². The van der Waals surface area contributed by atoms with Crippen molar-refractivity contribution in [2.75, 3.05) is 11.5 Å². The van der Waals surface area contributed by atoms with Gasteiger partial charge in [0.05, 0.1) is 11.4 Å². The van der Waals surface area contributed by atoms with Gasteiger partial charge in [-0.1, -0.05) is 25.1 Å². The molecule has 2 rings (SSSR count). The number of para-hydroxylation sites is 1. The maximum absolute atomic E-state index is 12.1. The molecule has 1 amide bonds. The van der Waals surface area contributed by atoms with E-state index in [4.69, 9.17) is 0 Å². The van der Waals surface area contributed by atoms with Crippen molar-refractivity contribution in [3.8, 4) is 5.69 Å². The molecule has 7 heteroatoms. The van der Waals surface area contributed by atoms with Gasteiger partial charge in [-0.25, -0.2) is 13.1 Å². The van der Waals surface area contributed by atoms with Gasteiger partial charge < -0.3 is 5.32 Å². The second kappa shape index (κ2) is 6.74. The van der Waals surface area contributed by atoms with E-state index >= 15 is 0 Å².